The molecule has 2 aromatic heterocycles. The van der Waals surface area contributed by atoms with Crippen molar-refractivity contribution in [3.63, 3.8) is 0 Å². The van der Waals surface area contributed by atoms with Crippen molar-refractivity contribution in [3.05, 3.63) is 88.9 Å². The van der Waals surface area contributed by atoms with Crippen molar-refractivity contribution in [2.24, 2.45) is 5.92 Å². The van der Waals surface area contributed by atoms with E-state index in [0.717, 1.165) is 17.1 Å². The highest BCUT2D eigenvalue weighted by atomic mass is 16.6. The minimum atomic E-state index is -0.695. The predicted octanol–water partition coefficient (Wildman–Crippen LogP) is 5.84. The Kier molecular flexibility index (Phi) is 8.11. The zero-order valence-electron chi connectivity index (χ0n) is 24.1. The van der Waals surface area contributed by atoms with Gasteiger partial charge in [0.05, 0.1) is 21.7 Å². The molecule has 0 unspecified atom stereocenters. The number of ether oxygens (including phenoxy) is 1. The summed E-state index contributed by atoms with van der Waals surface area (Å²) in [5.41, 5.74) is 1.04. The highest BCUT2D eigenvalue weighted by Crippen LogP contribution is 2.28. The number of nitro groups is 1. The zero-order chi connectivity index (χ0) is 30.7. The van der Waals surface area contributed by atoms with Crippen molar-refractivity contribution in [1.82, 2.24) is 9.55 Å². The highest BCUT2D eigenvalue weighted by Gasteiger charge is 2.27. The molecule has 0 bridgehead atoms. The van der Waals surface area contributed by atoms with Crippen molar-refractivity contribution in [3.8, 4) is 0 Å². The monoisotopic (exact) mass is 584 g/mol. The third kappa shape index (κ3) is 6.80. The Morgan fingerprint density at radius 2 is 1.70 bits per heavy atom. The summed E-state index contributed by atoms with van der Waals surface area (Å²) in [7, 11) is 0. The quantitative estimate of drug-likeness (QED) is 0.212. The van der Waals surface area contributed by atoms with Crippen LogP contribution in [0.1, 0.15) is 44.0 Å². The molecule has 1 fully saturated rings. The van der Waals surface area contributed by atoms with Gasteiger partial charge in [-0.25, -0.2) is 4.79 Å². The molecule has 1 saturated heterocycles. The Bertz CT molecular complexity index is 1690. The summed E-state index contributed by atoms with van der Waals surface area (Å²) in [4.78, 5) is 56.5. The molecule has 2 N–H and O–H groups in total. The average molecular weight is 585 g/mol. The third-order valence-corrected chi connectivity index (χ3v) is 7.15. The van der Waals surface area contributed by atoms with E-state index in [9.17, 15) is 24.5 Å². The maximum atomic E-state index is 13.5. The lowest BCUT2D eigenvalue weighted by Crippen LogP contribution is -2.38. The van der Waals surface area contributed by atoms with Crippen LogP contribution in [0, 0.1) is 16.0 Å². The summed E-state index contributed by atoms with van der Waals surface area (Å²) in [6.07, 6.45) is 5.69. The second-order valence-corrected chi connectivity index (χ2v) is 11.3. The van der Waals surface area contributed by atoms with E-state index in [1.165, 1.54) is 16.7 Å². The molecular weight excluding hydrogens is 552 g/mol. The first-order chi connectivity index (χ1) is 20.5. The molecule has 0 saturated carbocycles. The van der Waals surface area contributed by atoms with Gasteiger partial charge >= 0.3 is 6.09 Å². The van der Waals surface area contributed by atoms with Gasteiger partial charge < -0.3 is 20.3 Å². The number of rotatable bonds is 6. The number of piperidine rings is 1. The number of benzene rings is 2. The fraction of sp³-hybridized carbons (Fsp3) is 0.290. The van der Waals surface area contributed by atoms with Crippen LogP contribution in [0.15, 0.2) is 73.2 Å². The van der Waals surface area contributed by atoms with Gasteiger partial charge in [-0.1, -0.05) is 6.07 Å². The number of amides is 2. The second kappa shape index (κ2) is 11.9. The summed E-state index contributed by atoms with van der Waals surface area (Å²) >= 11 is 0. The molecule has 5 rings (SSSR count). The van der Waals surface area contributed by atoms with Crippen LogP contribution in [0.4, 0.5) is 27.5 Å². The first-order valence-electron chi connectivity index (χ1n) is 13.9. The van der Waals surface area contributed by atoms with Gasteiger partial charge in [-0.05, 0) is 70.0 Å². The number of fused-ring (bicyclic) bond motifs is 1. The lowest BCUT2D eigenvalue weighted by molar-refractivity contribution is -0.384. The van der Waals surface area contributed by atoms with Gasteiger partial charge in [-0.3, -0.25) is 29.3 Å². The molecular formula is C31H32N6O6. The number of carbonyl (C=O) groups is 3. The van der Waals surface area contributed by atoms with E-state index in [1.807, 2.05) is 12.1 Å². The number of carbonyl (C=O) groups excluding carboxylic acids is 3. The smallest absolute Gasteiger partial charge is 0.418 e. The van der Waals surface area contributed by atoms with Crippen LogP contribution in [0.25, 0.3) is 10.9 Å². The summed E-state index contributed by atoms with van der Waals surface area (Å²) < 4.78 is 6.82. The molecule has 0 atom stereocenters. The van der Waals surface area contributed by atoms with Crippen LogP contribution in [0.3, 0.4) is 0 Å². The maximum absolute atomic E-state index is 13.5. The first-order valence-corrected chi connectivity index (χ1v) is 13.9. The molecule has 2 aromatic carbocycles. The molecule has 2 amide bonds. The zero-order valence-corrected chi connectivity index (χ0v) is 24.1. The standard InChI is InChI=1S/C31H32N6O6/c1-31(2,3)43-30(40)36-17-12-20-4-5-22(18-27(20)36)33-29(39)25-19-24(37(41)42)6-7-26(25)34-28(38)21-10-15-35(16-11-21)23-8-13-32-14-9-23/h4-9,12-14,17-19,21H,10-11,15-16H2,1-3H3,(H,33,39)(H,34,38). The molecule has 12 nitrogen and oxygen atoms in total. The number of pyridine rings is 1. The molecule has 1 aliphatic heterocycles. The fourth-order valence-corrected chi connectivity index (χ4v) is 5.01. The highest BCUT2D eigenvalue weighted by molar-refractivity contribution is 6.11. The van der Waals surface area contributed by atoms with E-state index in [-0.39, 0.29) is 28.8 Å². The van der Waals surface area contributed by atoms with Crippen LogP contribution < -0.4 is 15.5 Å². The fourth-order valence-electron chi connectivity index (χ4n) is 5.01. The largest absolute Gasteiger partial charge is 0.443 e. The van der Waals surface area contributed by atoms with Crippen LogP contribution in [-0.2, 0) is 9.53 Å². The Hall–Kier alpha value is -5.26. The van der Waals surface area contributed by atoms with Gasteiger partial charge in [0.15, 0.2) is 0 Å². The van der Waals surface area contributed by atoms with Gasteiger partial charge in [0.2, 0.25) is 5.91 Å². The number of anilines is 3. The van der Waals surface area contributed by atoms with Crippen molar-refractivity contribution < 1.29 is 24.0 Å². The van der Waals surface area contributed by atoms with E-state index in [0.29, 0.717) is 37.1 Å². The predicted molar refractivity (Wildman–Crippen MR) is 162 cm³/mol. The Morgan fingerprint density at radius 3 is 2.37 bits per heavy atom. The lowest BCUT2D eigenvalue weighted by Gasteiger charge is -2.33. The normalized spacial score (nSPS) is 13.9. The van der Waals surface area contributed by atoms with Crippen molar-refractivity contribution in [2.75, 3.05) is 28.6 Å². The number of non-ortho nitro benzene ring substituents is 1. The number of nitrogens with one attached hydrogen (secondary N) is 2. The van der Waals surface area contributed by atoms with E-state index >= 15 is 0 Å². The Labute approximate surface area is 247 Å². The lowest BCUT2D eigenvalue weighted by atomic mass is 9.95. The molecule has 0 radical (unpaired) electrons. The van der Waals surface area contributed by atoms with Crippen LogP contribution in [0.5, 0.6) is 0 Å². The molecule has 222 valence electrons. The molecule has 0 spiro atoms. The average Bonchev–Trinajstić information content (AvgIpc) is 3.40. The number of nitro benzene ring substituents is 1. The Balaban J connectivity index is 1.33. The van der Waals surface area contributed by atoms with Crippen molar-refractivity contribution >= 4 is 51.6 Å². The van der Waals surface area contributed by atoms with Crippen LogP contribution >= 0.6 is 0 Å². The van der Waals surface area contributed by atoms with Gasteiger partial charge in [-0.15, -0.1) is 0 Å². The van der Waals surface area contributed by atoms with Gasteiger partial charge in [-0.2, -0.15) is 0 Å². The molecule has 4 aromatic rings. The summed E-state index contributed by atoms with van der Waals surface area (Å²) in [5.74, 6) is -1.19. The summed E-state index contributed by atoms with van der Waals surface area (Å²) in [6.45, 7) is 6.67. The number of nitrogens with zero attached hydrogens (tertiary/aromatic N) is 4. The molecule has 43 heavy (non-hydrogen) atoms. The van der Waals surface area contributed by atoms with Gasteiger partial charge in [0.25, 0.3) is 11.6 Å². The molecule has 3 heterocycles. The SMILES string of the molecule is CC(C)(C)OC(=O)n1ccc2ccc(NC(=O)c3cc([N+](=O)[O-])ccc3NC(=O)C3CCN(c4ccncc4)CC3)cc21. The van der Waals surface area contributed by atoms with Gasteiger partial charge in [0, 0.05) is 66.5 Å². The minimum Gasteiger partial charge on any atom is -0.443 e. The first kappa shape index (κ1) is 29.2. The van der Waals surface area contributed by atoms with E-state index in [1.54, 1.807) is 63.6 Å². The Morgan fingerprint density at radius 1 is 0.977 bits per heavy atom. The topological polar surface area (TPSA) is 149 Å². The van der Waals surface area contributed by atoms with E-state index in [4.69, 9.17) is 4.74 Å². The molecule has 1 aliphatic rings. The van der Waals surface area contributed by atoms with Crippen molar-refractivity contribution in [2.45, 2.75) is 39.2 Å². The maximum Gasteiger partial charge on any atom is 0.418 e. The second-order valence-electron chi connectivity index (χ2n) is 11.3. The number of aromatic nitrogens is 2. The van der Waals surface area contributed by atoms with Gasteiger partial charge in [0.1, 0.15) is 5.60 Å². The van der Waals surface area contributed by atoms with Crippen molar-refractivity contribution in [1.29, 1.82) is 0 Å². The third-order valence-electron chi connectivity index (χ3n) is 7.15. The molecule has 0 aliphatic carbocycles. The summed E-state index contributed by atoms with van der Waals surface area (Å²) in [6, 6.07) is 14.4. The number of hydrogen-bond acceptors (Lipinski definition) is 8. The van der Waals surface area contributed by atoms with E-state index in [2.05, 4.69) is 20.5 Å². The van der Waals surface area contributed by atoms with Crippen LogP contribution in [-0.4, -0.2) is 51.1 Å². The number of hydrogen-bond donors (Lipinski definition) is 2. The summed E-state index contributed by atoms with van der Waals surface area (Å²) in [5, 5.41) is 17.8. The van der Waals surface area contributed by atoms with E-state index < -0.39 is 22.5 Å². The molecule has 12 heteroatoms. The minimum absolute atomic E-state index is 0.0561. The van der Waals surface area contributed by atoms with Crippen LogP contribution in [0.2, 0.25) is 0 Å².